The number of carbonyl (C=O) groups excluding carboxylic acids is 1. The minimum atomic E-state index is -1.51. The number of aromatic carboxylic acids is 1. The molecule has 4 nitrogen and oxygen atoms in total. The molecule has 1 rings (SSSR count). The Morgan fingerprint density at radius 2 is 1.29 bits per heavy atom. The van der Waals surface area contributed by atoms with Gasteiger partial charge in [-0.25, -0.2) is 0 Å². The van der Waals surface area contributed by atoms with Crippen LogP contribution in [0.4, 0.5) is 0 Å². The van der Waals surface area contributed by atoms with Crippen molar-refractivity contribution in [1.82, 2.24) is 0 Å². The first kappa shape index (κ1) is 20.7. The Balaban J connectivity index is -0.000000403. The first-order valence-electron chi connectivity index (χ1n) is 2.80. The van der Waals surface area contributed by atoms with Crippen LogP contribution in [0.5, 0.6) is 11.5 Å². The van der Waals surface area contributed by atoms with Crippen molar-refractivity contribution in [3.63, 3.8) is 0 Å². The number of hydrogen-bond donors (Lipinski definition) is 0. The summed E-state index contributed by atoms with van der Waals surface area (Å²) in [5, 5.41) is 31.2. The van der Waals surface area contributed by atoms with E-state index in [-0.39, 0.29) is 94.2 Å². The van der Waals surface area contributed by atoms with E-state index in [1.165, 1.54) is 0 Å². The van der Waals surface area contributed by atoms with Crippen molar-refractivity contribution in [2.45, 2.75) is 0 Å². The SMILES string of the molecule is O=C([O-])c1cc([O-])cc([O-])c1.[Na+].[Na+].[Na+]. The third-order valence-corrected chi connectivity index (χ3v) is 1.12. The van der Waals surface area contributed by atoms with Crippen LogP contribution < -0.4 is 104 Å². The van der Waals surface area contributed by atoms with E-state index in [2.05, 4.69) is 0 Å². The average Bonchev–Trinajstić information content (AvgIpc) is 1.85. The van der Waals surface area contributed by atoms with Crippen molar-refractivity contribution in [3.05, 3.63) is 23.8 Å². The number of rotatable bonds is 1. The molecule has 0 aromatic heterocycles. The van der Waals surface area contributed by atoms with Crippen LogP contribution in [0, 0.1) is 0 Å². The normalized spacial score (nSPS) is 7.43. The van der Waals surface area contributed by atoms with E-state index in [0.29, 0.717) is 0 Å². The second-order valence-electron chi connectivity index (χ2n) is 1.98. The largest absolute Gasteiger partial charge is 1.00 e. The Morgan fingerprint density at radius 1 is 0.929 bits per heavy atom. The predicted octanol–water partition coefficient (Wildman–Crippen LogP) is -10.8. The molecular weight excluding hydrogens is 217 g/mol. The van der Waals surface area contributed by atoms with Gasteiger partial charge in [0.25, 0.3) is 0 Å². The molecule has 0 bridgehead atoms. The molecule has 0 N–H and O–H groups in total. The number of carboxylic acids is 1. The van der Waals surface area contributed by atoms with Crippen molar-refractivity contribution >= 4 is 5.97 Å². The van der Waals surface area contributed by atoms with Gasteiger partial charge in [0.2, 0.25) is 0 Å². The summed E-state index contributed by atoms with van der Waals surface area (Å²) >= 11 is 0. The molecule has 0 aliphatic rings. The monoisotopic (exact) mass is 220 g/mol. The fraction of sp³-hybridized carbons (Fsp3) is 0. The predicted molar refractivity (Wildman–Crippen MR) is 29.7 cm³/mol. The number of carbonyl (C=O) groups is 1. The van der Waals surface area contributed by atoms with Crippen LogP contribution in [0.3, 0.4) is 0 Å². The Labute approximate surface area is 148 Å². The molecule has 0 amide bonds. The minimum Gasteiger partial charge on any atom is -0.872 e. The summed E-state index contributed by atoms with van der Waals surface area (Å²) in [4.78, 5) is 10.1. The van der Waals surface area contributed by atoms with E-state index in [1.54, 1.807) is 0 Å². The molecule has 0 spiro atoms. The van der Waals surface area contributed by atoms with Gasteiger partial charge in [-0.05, 0) is 5.56 Å². The first-order valence-corrected chi connectivity index (χ1v) is 2.80. The molecule has 7 heteroatoms. The van der Waals surface area contributed by atoms with E-state index in [0.717, 1.165) is 18.2 Å². The number of carboxylic acid groups (broad SMARTS) is 1. The molecule has 1 aromatic rings. The summed E-state index contributed by atoms with van der Waals surface area (Å²) in [5.74, 6) is -2.74. The molecule has 0 aliphatic carbocycles. The standard InChI is InChI=1S/C7H6O4.3Na/c8-5-1-4(7(10)11)2-6(9)3-5;;;/h1-3,8-9H,(H,10,11);;;/q;3*+1/p-3. The molecule has 0 fully saturated rings. The van der Waals surface area contributed by atoms with E-state index in [9.17, 15) is 20.1 Å². The van der Waals surface area contributed by atoms with Gasteiger partial charge in [0, 0.05) is 0 Å². The van der Waals surface area contributed by atoms with Crippen molar-refractivity contribution in [2.24, 2.45) is 0 Å². The van der Waals surface area contributed by atoms with Gasteiger partial charge in [0.05, 0.1) is 5.97 Å². The van der Waals surface area contributed by atoms with Gasteiger partial charge in [0.15, 0.2) is 0 Å². The zero-order valence-corrected chi connectivity index (χ0v) is 14.4. The summed E-state index contributed by atoms with van der Waals surface area (Å²) in [5.41, 5.74) is -0.373. The fourth-order valence-corrected chi connectivity index (χ4v) is 0.690. The maximum absolute atomic E-state index is 10.5. The summed E-state index contributed by atoms with van der Waals surface area (Å²) in [6.45, 7) is 0. The first-order chi connectivity index (χ1) is 5.09. The molecule has 0 radical (unpaired) electrons. The average molecular weight is 220 g/mol. The Hall–Kier alpha value is 1.29. The summed E-state index contributed by atoms with van der Waals surface area (Å²) in [6, 6.07) is 2.50. The van der Waals surface area contributed by atoms with Crippen molar-refractivity contribution in [3.8, 4) is 11.5 Å². The van der Waals surface area contributed by atoms with Crippen LogP contribution >= 0.6 is 0 Å². The van der Waals surface area contributed by atoms with Crippen LogP contribution in [0.1, 0.15) is 10.4 Å². The van der Waals surface area contributed by atoms with E-state index in [4.69, 9.17) is 0 Å². The van der Waals surface area contributed by atoms with Gasteiger partial charge in [-0.3, -0.25) is 0 Å². The molecule has 0 atom stereocenters. The molecule has 14 heavy (non-hydrogen) atoms. The van der Waals surface area contributed by atoms with Gasteiger partial charge < -0.3 is 20.1 Å². The second-order valence-corrected chi connectivity index (χ2v) is 1.98. The summed E-state index contributed by atoms with van der Waals surface area (Å²) in [7, 11) is 0. The van der Waals surface area contributed by atoms with Gasteiger partial charge >= 0.3 is 88.7 Å². The molecule has 58 valence electrons. The zero-order chi connectivity index (χ0) is 8.43. The molecule has 0 unspecified atom stereocenters. The van der Waals surface area contributed by atoms with E-state index in [1.807, 2.05) is 0 Å². The molecular formula is C7H3Na3O4. The topological polar surface area (TPSA) is 86.2 Å². The van der Waals surface area contributed by atoms with Crippen LogP contribution in [0.25, 0.3) is 0 Å². The van der Waals surface area contributed by atoms with Gasteiger partial charge in [-0.2, -0.15) is 0 Å². The van der Waals surface area contributed by atoms with Crippen LogP contribution in [0.2, 0.25) is 0 Å². The molecule has 0 saturated heterocycles. The minimum absolute atomic E-state index is 0. The maximum Gasteiger partial charge on any atom is 1.00 e. The van der Waals surface area contributed by atoms with E-state index < -0.39 is 17.5 Å². The Morgan fingerprint density at radius 3 is 1.57 bits per heavy atom. The molecule has 1 aromatic carbocycles. The zero-order valence-electron chi connectivity index (χ0n) is 8.37. The Kier molecular flexibility index (Phi) is 14.0. The van der Waals surface area contributed by atoms with Crippen LogP contribution in [-0.4, -0.2) is 5.97 Å². The Bertz CT molecular complexity index is 283. The van der Waals surface area contributed by atoms with Crippen LogP contribution in [0.15, 0.2) is 18.2 Å². The quantitative estimate of drug-likeness (QED) is 0.440. The summed E-state index contributed by atoms with van der Waals surface area (Å²) < 4.78 is 0. The molecule has 0 aliphatic heterocycles. The molecule has 0 heterocycles. The van der Waals surface area contributed by atoms with Gasteiger partial charge in [0.1, 0.15) is 0 Å². The second kappa shape index (κ2) is 9.51. The number of benzene rings is 1. The van der Waals surface area contributed by atoms with Crippen LogP contribution in [-0.2, 0) is 0 Å². The fourth-order valence-electron chi connectivity index (χ4n) is 0.690. The third-order valence-electron chi connectivity index (χ3n) is 1.12. The smallest absolute Gasteiger partial charge is 0.872 e. The van der Waals surface area contributed by atoms with Gasteiger partial charge in [-0.15, -0.1) is 11.5 Å². The maximum atomic E-state index is 10.5. The van der Waals surface area contributed by atoms with Crippen molar-refractivity contribution in [1.29, 1.82) is 0 Å². The number of hydrogen-bond acceptors (Lipinski definition) is 4. The van der Waals surface area contributed by atoms with Gasteiger partial charge in [-0.1, -0.05) is 18.2 Å². The van der Waals surface area contributed by atoms with E-state index >= 15 is 0 Å². The van der Waals surface area contributed by atoms with Crippen molar-refractivity contribution in [2.75, 3.05) is 0 Å². The molecule has 0 saturated carbocycles. The van der Waals surface area contributed by atoms with Crippen molar-refractivity contribution < 1.29 is 109 Å². The third kappa shape index (κ3) is 6.71. The summed E-state index contributed by atoms with van der Waals surface area (Å²) in [6.07, 6.45) is 0.